The van der Waals surface area contributed by atoms with Gasteiger partial charge in [0.15, 0.2) is 0 Å². The van der Waals surface area contributed by atoms with Crippen molar-refractivity contribution in [1.82, 2.24) is 4.57 Å². The highest BCUT2D eigenvalue weighted by atomic mass is 35.7. The van der Waals surface area contributed by atoms with E-state index in [0.717, 1.165) is 0 Å². The molecule has 0 aliphatic rings. The second kappa shape index (κ2) is 5.76. The first-order valence-corrected chi connectivity index (χ1v) is 8.15. The molecule has 2 rings (SSSR count). The molecule has 1 heterocycles. The zero-order chi connectivity index (χ0) is 15.6. The Bertz CT molecular complexity index is 824. The molecular weight excluding hydrogens is 317 g/mol. The number of benzene rings is 1. The van der Waals surface area contributed by atoms with Gasteiger partial charge in [-0.25, -0.2) is 12.8 Å². The van der Waals surface area contributed by atoms with E-state index in [4.69, 9.17) is 15.9 Å². The van der Waals surface area contributed by atoms with Gasteiger partial charge in [-0.3, -0.25) is 0 Å². The van der Waals surface area contributed by atoms with Gasteiger partial charge in [-0.05, 0) is 24.3 Å². The quantitative estimate of drug-likeness (QED) is 0.876. The predicted octanol–water partition coefficient (Wildman–Crippen LogP) is 2.58. The summed E-state index contributed by atoms with van der Waals surface area (Å²) in [4.78, 5) is 0.0142. The van der Waals surface area contributed by atoms with Crippen LogP contribution in [0, 0.1) is 17.1 Å². The molecule has 0 fully saturated rings. The zero-order valence-electron chi connectivity index (χ0n) is 11.0. The topological polar surface area (TPSA) is 74.9 Å². The molecule has 8 heteroatoms. The number of aryl methyl sites for hydroxylation is 1. The van der Waals surface area contributed by atoms with Crippen LogP contribution in [-0.2, 0) is 22.6 Å². The van der Waals surface area contributed by atoms with Crippen LogP contribution in [0.2, 0.25) is 0 Å². The minimum absolute atomic E-state index is 0.0142. The van der Waals surface area contributed by atoms with Crippen LogP contribution in [0.25, 0.3) is 0 Å². The fourth-order valence-electron chi connectivity index (χ4n) is 1.80. The Kier molecular flexibility index (Phi) is 4.21. The van der Waals surface area contributed by atoms with Crippen molar-refractivity contribution < 1.29 is 12.8 Å². The molecular formula is C13H11ClFN3O2S. The minimum Gasteiger partial charge on any atom is -0.379 e. The molecule has 2 aromatic rings. The van der Waals surface area contributed by atoms with Crippen LogP contribution in [0.15, 0.2) is 35.4 Å². The van der Waals surface area contributed by atoms with E-state index in [1.807, 2.05) is 0 Å². The molecule has 0 unspecified atom stereocenters. The summed E-state index contributed by atoms with van der Waals surface area (Å²) in [5.74, 6) is -0.586. The first-order valence-electron chi connectivity index (χ1n) is 5.84. The number of aromatic nitrogens is 1. The monoisotopic (exact) mass is 327 g/mol. The summed E-state index contributed by atoms with van der Waals surface area (Å²) in [5.41, 5.74) is 1.18. The summed E-state index contributed by atoms with van der Waals surface area (Å²) >= 11 is 0. The third-order valence-electron chi connectivity index (χ3n) is 2.92. The number of hydrogen-bond acceptors (Lipinski definition) is 4. The molecule has 1 aromatic carbocycles. The lowest BCUT2D eigenvalue weighted by atomic mass is 10.2. The average Bonchev–Trinajstić information content (AvgIpc) is 2.79. The summed E-state index contributed by atoms with van der Waals surface area (Å²) in [6.45, 7) is 0.305. The molecule has 1 aromatic heterocycles. The first kappa shape index (κ1) is 15.4. The van der Waals surface area contributed by atoms with Crippen molar-refractivity contribution in [3.8, 4) is 6.07 Å². The van der Waals surface area contributed by atoms with Crippen molar-refractivity contribution in [2.24, 2.45) is 7.05 Å². The lowest BCUT2D eigenvalue weighted by Crippen LogP contribution is -2.04. The lowest BCUT2D eigenvalue weighted by Gasteiger charge is -2.07. The highest BCUT2D eigenvalue weighted by Gasteiger charge is 2.14. The fourth-order valence-corrected chi connectivity index (χ4v) is 2.61. The van der Waals surface area contributed by atoms with E-state index < -0.39 is 14.9 Å². The Balaban J connectivity index is 2.18. The molecule has 0 atom stereocenters. The van der Waals surface area contributed by atoms with E-state index in [1.165, 1.54) is 30.5 Å². The van der Waals surface area contributed by atoms with Crippen LogP contribution < -0.4 is 5.32 Å². The molecule has 0 saturated heterocycles. The minimum atomic E-state index is -3.77. The molecule has 0 aliphatic carbocycles. The summed E-state index contributed by atoms with van der Waals surface area (Å²) < 4.78 is 37.3. The van der Waals surface area contributed by atoms with Gasteiger partial charge in [0.2, 0.25) is 0 Å². The number of nitrogens with one attached hydrogen (secondary N) is 1. The summed E-state index contributed by atoms with van der Waals surface area (Å²) in [7, 11) is 3.19. The third-order valence-corrected chi connectivity index (χ3v) is 4.25. The highest BCUT2D eigenvalue weighted by Crippen LogP contribution is 2.19. The Morgan fingerprint density at radius 3 is 2.71 bits per heavy atom. The van der Waals surface area contributed by atoms with Gasteiger partial charge in [-0.15, -0.1) is 0 Å². The van der Waals surface area contributed by atoms with Gasteiger partial charge >= 0.3 is 0 Å². The highest BCUT2D eigenvalue weighted by molar-refractivity contribution is 8.13. The van der Waals surface area contributed by atoms with Gasteiger partial charge < -0.3 is 9.88 Å². The number of anilines is 1. The van der Waals surface area contributed by atoms with Gasteiger partial charge in [-0.2, -0.15) is 5.26 Å². The maximum atomic E-state index is 13.2. The molecule has 1 N–H and O–H groups in total. The maximum Gasteiger partial charge on any atom is 0.262 e. The summed E-state index contributed by atoms with van der Waals surface area (Å²) in [6, 6.07) is 7.28. The van der Waals surface area contributed by atoms with E-state index >= 15 is 0 Å². The van der Waals surface area contributed by atoms with Crippen molar-refractivity contribution in [2.75, 3.05) is 5.32 Å². The largest absolute Gasteiger partial charge is 0.379 e. The second-order valence-electron chi connectivity index (χ2n) is 4.38. The number of nitrogens with zero attached hydrogens (tertiary/aromatic N) is 2. The van der Waals surface area contributed by atoms with E-state index in [-0.39, 0.29) is 10.5 Å². The molecule has 0 aliphatic heterocycles. The normalized spacial score (nSPS) is 11.1. The molecule has 5 nitrogen and oxygen atoms in total. The van der Waals surface area contributed by atoms with E-state index in [9.17, 15) is 12.8 Å². The van der Waals surface area contributed by atoms with Gasteiger partial charge in [0.05, 0.1) is 12.1 Å². The SMILES string of the molecule is Cn1cc(S(=O)(=O)Cl)cc1CNc1ccc(F)c(C#N)c1. The Labute approximate surface area is 126 Å². The van der Waals surface area contributed by atoms with Gasteiger partial charge in [0.25, 0.3) is 9.05 Å². The van der Waals surface area contributed by atoms with Crippen LogP contribution in [0.1, 0.15) is 11.3 Å². The van der Waals surface area contributed by atoms with Crippen LogP contribution in [0.5, 0.6) is 0 Å². The Hall–Kier alpha value is -2.04. The predicted molar refractivity (Wildman–Crippen MR) is 76.9 cm³/mol. The molecule has 0 spiro atoms. The molecule has 0 saturated carbocycles. The number of hydrogen-bond donors (Lipinski definition) is 1. The number of halogens is 2. The van der Waals surface area contributed by atoms with Crippen molar-refractivity contribution in [3.63, 3.8) is 0 Å². The average molecular weight is 328 g/mol. The lowest BCUT2D eigenvalue weighted by molar-refractivity contribution is 0.609. The molecule has 21 heavy (non-hydrogen) atoms. The van der Waals surface area contributed by atoms with Crippen molar-refractivity contribution in [2.45, 2.75) is 11.4 Å². The maximum absolute atomic E-state index is 13.2. The van der Waals surface area contributed by atoms with Crippen LogP contribution >= 0.6 is 10.7 Å². The van der Waals surface area contributed by atoms with E-state index in [1.54, 1.807) is 17.7 Å². The molecule has 0 radical (unpaired) electrons. The first-order chi connectivity index (χ1) is 9.81. The molecule has 110 valence electrons. The van der Waals surface area contributed by atoms with Crippen molar-refractivity contribution in [3.05, 3.63) is 47.5 Å². The summed E-state index contributed by atoms with van der Waals surface area (Å²) in [6.07, 6.45) is 1.41. The zero-order valence-corrected chi connectivity index (χ0v) is 12.5. The van der Waals surface area contributed by atoms with Crippen LogP contribution in [0.3, 0.4) is 0 Å². The van der Waals surface area contributed by atoms with Crippen LogP contribution in [-0.4, -0.2) is 13.0 Å². The van der Waals surface area contributed by atoms with E-state index in [2.05, 4.69) is 5.32 Å². The van der Waals surface area contributed by atoms with Crippen LogP contribution in [0.4, 0.5) is 10.1 Å². The molecule has 0 bridgehead atoms. The molecule has 0 amide bonds. The fraction of sp³-hybridized carbons (Fsp3) is 0.154. The standard InChI is InChI=1S/C13H11ClFN3O2S/c1-18-8-12(21(14,19)20)5-11(18)7-17-10-2-3-13(15)9(4-10)6-16/h2-5,8,17H,7H2,1H3. The smallest absolute Gasteiger partial charge is 0.262 e. The third kappa shape index (κ3) is 3.54. The second-order valence-corrected chi connectivity index (χ2v) is 6.94. The number of rotatable bonds is 4. The Morgan fingerprint density at radius 2 is 2.14 bits per heavy atom. The van der Waals surface area contributed by atoms with Gasteiger partial charge in [0.1, 0.15) is 16.8 Å². The van der Waals surface area contributed by atoms with Gasteiger partial charge in [0, 0.05) is 35.3 Å². The van der Waals surface area contributed by atoms with Crippen molar-refractivity contribution in [1.29, 1.82) is 5.26 Å². The van der Waals surface area contributed by atoms with E-state index in [0.29, 0.717) is 17.9 Å². The number of nitriles is 1. The Morgan fingerprint density at radius 1 is 1.43 bits per heavy atom. The summed E-state index contributed by atoms with van der Waals surface area (Å²) in [5, 5.41) is 11.8. The van der Waals surface area contributed by atoms with Crippen molar-refractivity contribution >= 4 is 25.4 Å². The van der Waals surface area contributed by atoms with Gasteiger partial charge in [-0.1, -0.05) is 0 Å².